The van der Waals surface area contributed by atoms with Gasteiger partial charge in [0.2, 0.25) is 16.6 Å². The Balaban J connectivity index is 0.000000240. The molecule has 0 radical (unpaired) electrons. The van der Waals surface area contributed by atoms with E-state index in [0.717, 1.165) is 22.8 Å². The summed E-state index contributed by atoms with van der Waals surface area (Å²) in [6.07, 6.45) is 1.06. The van der Waals surface area contributed by atoms with E-state index in [9.17, 15) is 9.59 Å². The van der Waals surface area contributed by atoms with Crippen molar-refractivity contribution >= 4 is 27.0 Å². The highest BCUT2D eigenvalue weighted by molar-refractivity contribution is 6.85. The minimum Gasteiger partial charge on any atom is -0.428 e. The molecule has 0 aliphatic heterocycles. The highest BCUT2D eigenvalue weighted by Gasteiger charge is 2.30. The standard InChI is InChI=1S/2C10H16OSi/c1-9(2)12(3,11)10-7-5-4-6-8-10;1-3-9-12(2,11)10-7-5-4-6-8-10/h4-9,11H,1-3H3;4-8,11H,3,9H2,1-2H3. The van der Waals surface area contributed by atoms with Crippen LogP contribution in [-0.2, 0) is 0 Å². The third-order valence-corrected chi connectivity index (χ3v) is 11.4. The molecule has 2 aromatic rings. The van der Waals surface area contributed by atoms with Crippen LogP contribution in [0.4, 0.5) is 0 Å². The zero-order chi connectivity index (χ0) is 18.2. The number of hydrogen-bond acceptors (Lipinski definition) is 2. The monoisotopic (exact) mass is 360 g/mol. The number of hydrogen-bond donors (Lipinski definition) is 2. The number of rotatable bonds is 5. The van der Waals surface area contributed by atoms with Gasteiger partial charge < -0.3 is 9.59 Å². The largest absolute Gasteiger partial charge is 0.428 e. The van der Waals surface area contributed by atoms with E-state index in [1.54, 1.807) is 0 Å². The van der Waals surface area contributed by atoms with Crippen molar-refractivity contribution in [1.29, 1.82) is 0 Å². The van der Waals surface area contributed by atoms with E-state index in [-0.39, 0.29) is 0 Å². The minimum absolute atomic E-state index is 0.375. The van der Waals surface area contributed by atoms with Crippen LogP contribution in [0.2, 0.25) is 24.7 Å². The first-order chi connectivity index (χ1) is 11.2. The van der Waals surface area contributed by atoms with Gasteiger partial charge in [0.1, 0.15) is 0 Å². The molecule has 132 valence electrons. The second-order valence-corrected chi connectivity index (χ2v) is 14.7. The average Bonchev–Trinajstić information content (AvgIpc) is 2.57. The van der Waals surface area contributed by atoms with Crippen LogP contribution >= 0.6 is 0 Å². The predicted octanol–water partition coefficient (Wildman–Crippen LogP) is 3.74. The summed E-state index contributed by atoms with van der Waals surface area (Å²) >= 11 is 0. The van der Waals surface area contributed by atoms with Crippen LogP contribution in [0.15, 0.2) is 60.7 Å². The van der Waals surface area contributed by atoms with Crippen LogP contribution in [0.25, 0.3) is 0 Å². The predicted molar refractivity (Wildman–Crippen MR) is 110 cm³/mol. The van der Waals surface area contributed by atoms with E-state index in [4.69, 9.17) is 0 Å². The summed E-state index contributed by atoms with van der Waals surface area (Å²) in [7, 11) is -4.24. The SMILES string of the molecule is CC(C)[Si](C)(O)c1ccccc1.CCC[Si](C)(O)c1ccccc1. The van der Waals surface area contributed by atoms with Gasteiger partial charge in [-0.2, -0.15) is 0 Å². The fourth-order valence-corrected chi connectivity index (χ4v) is 6.24. The lowest BCUT2D eigenvalue weighted by molar-refractivity contribution is 0.541. The van der Waals surface area contributed by atoms with E-state index < -0.39 is 16.6 Å². The van der Waals surface area contributed by atoms with Crippen LogP contribution in [0.5, 0.6) is 0 Å². The molecule has 2 atom stereocenters. The Hall–Kier alpha value is -1.21. The molecule has 0 saturated heterocycles. The van der Waals surface area contributed by atoms with Crippen LogP contribution < -0.4 is 10.4 Å². The first kappa shape index (κ1) is 20.8. The van der Waals surface area contributed by atoms with E-state index >= 15 is 0 Å². The van der Waals surface area contributed by atoms with E-state index in [1.807, 2.05) is 73.8 Å². The molecule has 4 heteroatoms. The third kappa shape index (κ3) is 6.02. The van der Waals surface area contributed by atoms with Gasteiger partial charge in [0.15, 0.2) is 0 Å². The fraction of sp³-hybridized carbons (Fsp3) is 0.400. The minimum atomic E-state index is -2.16. The summed E-state index contributed by atoms with van der Waals surface area (Å²) in [4.78, 5) is 20.3. The Bertz CT molecular complexity index is 581. The van der Waals surface area contributed by atoms with Gasteiger partial charge in [-0.1, -0.05) is 87.9 Å². The normalized spacial score (nSPS) is 15.8. The highest BCUT2D eigenvalue weighted by atomic mass is 28.4. The number of benzene rings is 2. The van der Waals surface area contributed by atoms with Crippen LogP contribution in [0.1, 0.15) is 27.2 Å². The van der Waals surface area contributed by atoms with Gasteiger partial charge in [-0.25, -0.2) is 0 Å². The Morgan fingerprint density at radius 3 is 1.58 bits per heavy atom. The van der Waals surface area contributed by atoms with Gasteiger partial charge in [0.05, 0.1) is 0 Å². The maximum atomic E-state index is 10.2. The molecule has 2 nitrogen and oxygen atoms in total. The lowest BCUT2D eigenvalue weighted by atomic mass is 10.4. The van der Waals surface area contributed by atoms with Crippen molar-refractivity contribution in [2.75, 3.05) is 0 Å². The maximum absolute atomic E-state index is 10.2. The molecule has 2 unspecified atom stereocenters. The highest BCUT2D eigenvalue weighted by Crippen LogP contribution is 2.16. The summed E-state index contributed by atoms with van der Waals surface area (Å²) in [6.45, 7) is 10.3. The van der Waals surface area contributed by atoms with Gasteiger partial charge in [0, 0.05) is 0 Å². The molecule has 0 fully saturated rings. The average molecular weight is 361 g/mol. The van der Waals surface area contributed by atoms with Crippen molar-refractivity contribution in [3.05, 3.63) is 60.7 Å². The molecule has 0 aliphatic rings. The van der Waals surface area contributed by atoms with Crippen molar-refractivity contribution in [1.82, 2.24) is 0 Å². The van der Waals surface area contributed by atoms with Crippen molar-refractivity contribution in [2.45, 2.75) is 51.9 Å². The Kier molecular flexibility index (Phi) is 8.09. The van der Waals surface area contributed by atoms with Crippen LogP contribution in [-0.4, -0.2) is 26.2 Å². The Morgan fingerprint density at radius 1 is 0.792 bits per heavy atom. The Morgan fingerprint density at radius 2 is 1.21 bits per heavy atom. The van der Waals surface area contributed by atoms with Crippen LogP contribution in [0.3, 0.4) is 0 Å². The maximum Gasteiger partial charge on any atom is 0.219 e. The molecule has 2 aromatic carbocycles. The summed E-state index contributed by atoms with van der Waals surface area (Å²) in [5.41, 5.74) is 0.375. The fourth-order valence-electron chi connectivity index (χ4n) is 2.54. The summed E-state index contributed by atoms with van der Waals surface area (Å²) in [6, 6.07) is 21.0. The molecule has 24 heavy (non-hydrogen) atoms. The summed E-state index contributed by atoms with van der Waals surface area (Å²) in [5, 5.41) is 2.27. The molecule has 0 bridgehead atoms. The molecule has 0 amide bonds. The van der Waals surface area contributed by atoms with Crippen molar-refractivity contribution in [3.63, 3.8) is 0 Å². The topological polar surface area (TPSA) is 40.5 Å². The Labute approximate surface area is 149 Å². The first-order valence-corrected chi connectivity index (χ1v) is 14.0. The molecule has 0 heterocycles. The molecule has 0 spiro atoms. The van der Waals surface area contributed by atoms with Gasteiger partial charge in [-0.05, 0) is 35.1 Å². The quantitative estimate of drug-likeness (QED) is 0.797. The van der Waals surface area contributed by atoms with Crippen molar-refractivity contribution in [2.24, 2.45) is 0 Å². The van der Waals surface area contributed by atoms with Crippen molar-refractivity contribution in [3.8, 4) is 0 Å². The smallest absolute Gasteiger partial charge is 0.219 e. The third-order valence-electron chi connectivity index (χ3n) is 4.61. The van der Waals surface area contributed by atoms with Gasteiger partial charge >= 0.3 is 0 Å². The lowest BCUT2D eigenvalue weighted by Gasteiger charge is -2.24. The second kappa shape index (κ2) is 9.32. The molecule has 0 saturated carbocycles. The van der Waals surface area contributed by atoms with E-state index in [0.29, 0.717) is 5.54 Å². The first-order valence-electron chi connectivity index (χ1n) is 8.77. The zero-order valence-electron chi connectivity index (χ0n) is 15.7. The molecular formula is C20H32O2Si2. The van der Waals surface area contributed by atoms with Gasteiger partial charge in [-0.3, -0.25) is 0 Å². The van der Waals surface area contributed by atoms with Gasteiger partial charge in [-0.15, -0.1) is 0 Å². The van der Waals surface area contributed by atoms with Crippen LogP contribution in [0, 0.1) is 0 Å². The lowest BCUT2D eigenvalue weighted by Crippen LogP contribution is -2.47. The van der Waals surface area contributed by atoms with Crippen molar-refractivity contribution < 1.29 is 9.59 Å². The molecule has 2 rings (SSSR count). The van der Waals surface area contributed by atoms with E-state index in [1.165, 1.54) is 0 Å². The zero-order valence-corrected chi connectivity index (χ0v) is 17.7. The second-order valence-electron chi connectivity index (χ2n) is 7.06. The summed E-state index contributed by atoms with van der Waals surface area (Å²) in [5.74, 6) is 0. The summed E-state index contributed by atoms with van der Waals surface area (Å²) < 4.78 is 0. The molecular weight excluding hydrogens is 328 g/mol. The van der Waals surface area contributed by atoms with Gasteiger partial charge in [0.25, 0.3) is 0 Å². The molecule has 2 N–H and O–H groups in total. The molecule has 0 aliphatic carbocycles. The van der Waals surface area contributed by atoms with E-state index in [2.05, 4.69) is 20.8 Å². The molecule has 0 aromatic heterocycles.